The number of carbonyl (C=O) groups is 2. The normalized spacial score (nSPS) is 10.4. The molecule has 0 atom stereocenters. The average Bonchev–Trinajstić information content (AvgIpc) is 2.79. The number of carboxylic acids is 1. The van der Waals surface area contributed by atoms with Gasteiger partial charge < -0.3 is 15.0 Å². The van der Waals surface area contributed by atoms with Gasteiger partial charge in [-0.05, 0) is 37.1 Å². The molecule has 0 aliphatic heterocycles. The van der Waals surface area contributed by atoms with E-state index in [4.69, 9.17) is 5.11 Å². The van der Waals surface area contributed by atoms with Gasteiger partial charge in [-0.1, -0.05) is 18.2 Å². The summed E-state index contributed by atoms with van der Waals surface area (Å²) in [7, 11) is 1.84. The fraction of sp³-hybridized carbons (Fsp3) is 0.250. The molecule has 0 unspecified atom stereocenters. The van der Waals surface area contributed by atoms with Crippen LogP contribution in [0, 0.1) is 6.92 Å². The number of hydrogen-bond acceptors (Lipinski definition) is 2. The molecule has 0 bridgehead atoms. The van der Waals surface area contributed by atoms with E-state index in [1.807, 2.05) is 24.6 Å². The topological polar surface area (TPSA) is 71.3 Å². The van der Waals surface area contributed by atoms with Crippen molar-refractivity contribution in [1.29, 1.82) is 0 Å². The van der Waals surface area contributed by atoms with Gasteiger partial charge in [0, 0.05) is 19.3 Å². The number of rotatable bonds is 5. The lowest BCUT2D eigenvalue weighted by molar-refractivity contribution is 0.0695. The maximum Gasteiger partial charge on any atom is 0.335 e. The van der Waals surface area contributed by atoms with Crippen molar-refractivity contribution in [3.05, 3.63) is 58.9 Å². The number of aryl methyl sites for hydroxylation is 1. The third-order valence-electron chi connectivity index (χ3n) is 3.53. The van der Waals surface area contributed by atoms with Crippen molar-refractivity contribution in [3.8, 4) is 0 Å². The van der Waals surface area contributed by atoms with Gasteiger partial charge >= 0.3 is 5.97 Å². The van der Waals surface area contributed by atoms with Gasteiger partial charge in [0.2, 0.25) is 0 Å². The first-order valence-corrected chi connectivity index (χ1v) is 6.72. The van der Waals surface area contributed by atoms with Gasteiger partial charge in [0.25, 0.3) is 5.91 Å². The fourth-order valence-corrected chi connectivity index (χ4v) is 2.19. The van der Waals surface area contributed by atoms with Crippen LogP contribution in [0.2, 0.25) is 0 Å². The molecule has 110 valence electrons. The zero-order valence-corrected chi connectivity index (χ0v) is 12.1. The zero-order chi connectivity index (χ0) is 15.4. The first-order valence-electron chi connectivity index (χ1n) is 6.72. The van der Waals surface area contributed by atoms with E-state index in [9.17, 15) is 9.59 Å². The molecule has 0 spiro atoms. The lowest BCUT2D eigenvalue weighted by Crippen LogP contribution is -2.27. The van der Waals surface area contributed by atoms with Crippen LogP contribution in [-0.4, -0.2) is 28.1 Å². The highest BCUT2D eigenvalue weighted by Crippen LogP contribution is 2.09. The van der Waals surface area contributed by atoms with Gasteiger partial charge in [-0.2, -0.15) is 0 Å². The number of nitrogens with one attached hydrogen (secondary N) is 1. The number of amides is 1. The smallest absolute Gasteiger partial charge is 0.335 e. The molecule has 2 rings (SSSR count). The average molecular weight is 286 g/mol. The van der Waals surface area contributed by atoms with Crippen molar-refractivity contribution >= 4 is 11.9 Å². The Hall–Kier alpha value is -2.56. The molecular formula is C16H18N2O3. The Labute approximate surface area is 123 Å². The highest BCUT2D eigenvalue weighted by molar-refractivity contribution is 5.93. The van der Waals surface area contributed by atoms with Crippen LogP contribution in [0.4, 0.5) is 0 Å². The molecule has 0 fully saturated rings. The molecule has 21 heavy (non-hydrogen) atoms. The second-order valence-corrected chi connectivity index (χ2v) is 4.89. The molecule has 2 aromatic rings. The highest BCUT2D eigenvalue weighted by Gasteiger charge is 2.12. The number of aromatic carboxylic acids is 1. The first-order chi connectivity index (χ1) is 10.0. The van der Waals surface area contributed by atoms with Crippen molar-refractivity contribution in [2.24, 2.45) is 7.05 Å². The van der Waals surface area contributed by atoms with Gasteiger partial charge in [-0.15, -0.1) is 0 Å². The SMILES string of the molecule is Cc1ccc(C(=O)NCCc2ccccc2C(=O)O)n1C. The molecule has 0 aliphatic rings. The largest absolute Gasteiger partial charge is 0.478 e. The standard InChI is InChI=1S/C16H18N2O3/c1-11-7-8-14(18(11)2)15(19)17-10-9-12-5-3-4-6-13(12)16(20)21/h3-8H,9-10H2,1-2H3,(H,17,19)(H,20,21). The summed E-state index contributed by atoms with van der Waals surface area (Å²) in [5.41, 5.74) is 2.60. The second-order valence-electron chi connectivity index (χ2n) is 4.89. The van der Waals surface area contributed by atoms with Gasteiger partial charge in [-0.25, -0.2) is 4.79 Å². The van der Waals surface area contributed by atoms with Crippen LogP contribution in [-0.2, 0) is 13.5 Å². The van der Waals surface area contributed by atoms with E-state index >= 15 is 0 Å². The second kappa shape index (κ2) is 6.26. The summed E-state index contributed by atoms with van der Waals surface area (Å²) in [4.78, 5) is 23.1. The Kier molecular flexibility index (Phi) is 4.42. The molecule has 0 radical (unpaired) electrons. The fourth-order valence-electron chi connectivity index (χ4n) is 2.19. The minimum atomic E-state index is -0.949. The third-order valence-corrected chi connectivity index (χ3v) is 3.53. The van der Waals surface area contributed by atoms with E-state index in [1.54, 1.807) is 30.3 Å². The summed E-state index contributed by atoms with van der Waals surface area (Å²) in [6.45, 7) is 2.33. The lowest BCUT2D eigenvalue weighted by atomic mass is 10.0. The molecule has 0 saturated carbocycles. The Morgan fingerprint density at radius 2 is 1.90 bits per heavy atom. The molecule has 2 N–H and O–H groups in total. The van der Waals surface area contributed by atoms with Crippen LogP contribution in [0.3, 0.4) is 0 Å². The predicted molar refractivity (Wildman–Crippen MR) is 79.6 cm³/mol. The third kappa shape index (κ3) is 3.31. The summed E-state index contributed by atoms with van der Waals surface area (Å²) in [5.74, 6) is -1.10. The monoisotopic (exact) mass is 286 g/mol. The van der Waals surface area contributed by atoms with Crippen LogP contribution in [0.15, 0.2) is 36.4 Å². The quantitative estimate of drug-likeness (QED) is 0.883. The van der Waals surface area contributed by atoms with E-state index in [-0.39, 0.29) is 11.5 Å². The number of carboxylic acid groups (broad SMARTS) is 1. The van der Waals surface area contributed by atoms with E-state index in [0.29, 0.717) is 24.2 Å². The molecule has 1 heterocycles. The number of benzene rings is 1. The molecule has 1 amide bonds. The van der Waals surface area contributed by atoms with Crippen molar-refractivity contribution in [2.45, 2.75) is 13.3 Å². The van der Waals surface area contributed by atoms with Crippen molar-refractivity contribution in [1.82, 2.24) is 9.88 Å². The maximum absolute atomic E-state index is 12.0. The van der Waals surface area contributed by atoms with Crippen molar-refractivity contribution in [3.63, 3.8) is 0 Å². The van der Waals surface area contributed by atoms with E-state index in [1.165, 1.54) is 0 Å². The van der Waals surface area contributed by atoms with Crippen molar-refractivity contribution in [2.75, 3.05) is 6.54 Å². The number of carbonyl (C=O) groups excluding carboxylic acids is 1. The summed E-state index contributed by atoms with van der Waals surface area (Å²) in [6.07, 6.45) is 0.484. The minimum absolute atomic E-state index is 0.154. The molecule has 1 aromatic heterocycles. The minimum Gasteiger partial charge on any atom is -0.478 e. The number of aromatic nitrogens is 1. The number of hydrogen-bond donors (Lipinski definition) is 2. The summed E-state index contributed by atoms with van der Waals surface area (Å²) >= 11 is 0. The van der Waals surface area contributed by atoms with Crippen LogP contribution in [0.1, 0.15) is 32.1 Å². The summed E-state index contributed by atoms with van der Waals surface area (Å²) < 4.78 is 1.82. The molecule has 0 aliphatic carbocycles. The molecular weight excluding hydrogens is 268 g/mol. The maximum atomic E-state index is 12.0. The zero-order valence-electron chi connectivity index (χ0n) is 12.1. The van der Waals surface area contributed by atoms with Crippen LogP contribution in [0.25, 0.3) is 0 Å². The summed E-state index contributed by atoms with van der Waals surface area (Å²) in [6, 6.07) is 10.5. The Balaban J connectivity index is 1.97. The molecule has 0 saturated heterocycles. The van der Waals surface area contributed by atoms with Crippen LogP contribution < -0.4 is 5.32 Å². The van der Waals surface area contributed by atoms with Gasteiger partial charge in [0.1, 0.15) is 5.69 Å². The first kappa shape index (κ1) is 14.8. The summed E-state index contributed by atoms with van der Waals surface area (Å²) in [5, 5.41) is 11.9. The van der Waals surface area contributed by atoms with Crippen LogP contribution >= 0.6 is 0 Å². The Morgan fingerprint density at radius 1 is 1.19 bits per heavy atom. The van der Waals surface area contributed by atoms with Gasteiger partial charge in [0.05, 0.1) is 5.56 Å². The van der Waals surface area contributed by atoms with Gasteiger partial charge in [0.15, 0.2) is 0 Å². The number of nitrogens with zero attached hydrogens (tertiary/aromatic N) is 1. The highest BCUT2D eigenvalue weighted by atomic mass is 16.4. The predicted octanol–water partition coefficient (Wildman–Crippen LogP) is 2.00. The van der Waals surface area contributed by atoms with E-state index in [0.717, 1.165) is 5.69 Å². The van der Waals surface area contributed by atoms with Gasteiger partial charge in [-0.3, -0.25) is 4.79 Å². The van der Waals surface area contributed by atoms with Crippen LogP contribution in [0.5, 0.6) is 0 Å². The molecule has 1 aromatic carbocycles. The lowest BCUT2D eigenvalue weighted by Gasteiger charge is -2.08. The Morgan fingerprint density at radius 3 is 2.52 bits per heavy atom. The molecule has 5 nitrogen and oxygen atoms in total. The van der Waals surface area contributed by atoms with Crippen molar-refractivity contribution < 1.29 is 14.7 Å². The molecule has 5 heteroatoms. The Bertz CT molecular complexity index is 674. The van der Waals surface area contributed by atoms with E-state index < -0.39 is 5.97 Å². The van der Waals surface area contributed by atoms with E-state index in [2.05, 4.69) is 5.32 Å².